The van der Waals surface area contributed by atoms with Gasteiger partial charge in [-0.1, -0.05) is 91.0 Å². The monoisotopic (exact) mass is 744 g/mol. The molecule has 0 unspecified atom stereocenters. The lowest BCUT2D eigenvalue weighted by Crippen LogP contribution is -2.61. The van der Waals surface area contributed by atoms with Crippen LogP contribution < -0.4 is 27.0 Å². The highest BCUT2D eigenvalue weighted by Gasteiger charge is 2.40. The van der Waals surface area contributed by atoms with Gasteiger partial charge in [0.05, 0.1) is 18.8 Å². The van der Waals surface area contributed by atoms with Crippen LogP contribution in [0.25, 0.3) is 0 Å². The number of carboxylic acid groups (broad SMARTS) is 1. The molecule has 1 aliphatic heterocycles. The third-order valence-corrected chi connectivity index (χ3v) is 9.15. The molecule has 1 saturated heterocycles. The molecule has 3 aromatic rings. The van der Waals surface area contributed by atoms with E-state index in [0.29, 0.717) is 17.5 Å². The number of nitrogens with two attached hydrogens (primary N) is 1. The Morgan fingerprint density at radius 2 is 1.11 bits per heavy atom. The predicted molar refractivity (Wildman–Crippen MR) is 197 cm³/mol. The van der Waals surface area contributed by atoms with Crippen molar-refractivity contribution in [3.05, 3.63) is 108 Å². The minimum atomic E-state index is -1.52. The van der Waals surface area contributed by atoms with Gasteiger partial charge in [-0.2, -0.15) is 0 Å². The van der Waals surface area contributed by atoms with E-state index in [-0.39, 0.29) is 32.2 Å². The number of rotatable bonds is 18. The molecule has 0 aromatic heterocycles. The Labute approximate surface area is 313 Å². The summed E-state index contributed by atoms with van der Waals surface area (Å²) in [6, 6.07) is 18.7. The third kappa shape index (κ3) is 11.7. The molecule has 9 N–H and O–H groups in total. The standard InChI is InChI=1S/C39H48N6O9/c1-24(47)33(38(52)45-19-11-18-32(45)39(53)54)44-36(50)30(22-27-16-9-4-10-17-27)41-35(49)29(21-26-14-7-3-8-15-26)42-37(51)31(23-46)43-34(48)28(40)20-25-12-5-2-6-13-25/h2-10,12-17,24,28-33,46-47H,11,18-23,40H2,1H3,(H,41,49)(H,42,51)(H,43,48)(H,44,50)(H,53,54)/t24-,28+,29+,30+,31+,32+,33+/m1/s1. The highest BCUT2D eigenvalue weighted by molar-refractivity contribution is 5.97. The SMILES string of the molecule is C[C@@H](O)[C@H](NC(=O)[C@H](Cc1ccccc1)NC(=O)[C@H](Cc1ccccc1)NC(=O)[C@H](CO)NC(=O)[C@@H](N)Cc1ccccc1)C(=O)N1CCC[C@H]1C(=O)O. The second-order valence-electron chi connectivity index (χ2n) is 13.3. The minimum Gasteiger partial charge on any atom is -0.480 e. The average molecular weight is 745 g/mol. The van der Waals surface area contributed by atoms with E-state index >= 15 is 0 Å². The number of aliphatic hydroxyl groups excluding tert-OH is 2. The van der Waals surface area contributed by atoms with E-state index in [1.54, 1.807) is 84.9 Å². The first kappa shape index (κ1) is 41.1. The Morgan fingerprint density at radius 3 is 1.56 bits per heavy atom. The largest absolute Gasteiger partial charge is 0.480 e. The first-order valence-corrected chi connectivity index (χ1v) is 17.8. The van der Waals surface area contributed by atoms with E-state index in [4.69, 9.17) is 5.73 Å². The van der Waals surface area contributed by atoms with Crippen molar-refractivity contribution >= 4 is 35.5 Å². The van der Waals surface area contributed by atoms with Gasteiger partial charge < -0.3 is 47.2 Å². The van der Waals surface area contributed by atoms with Crippen molar-refractivity contribution in [2.24, 2.45) is 5.73 Å². The number of benzene rings is 3. The lowest BCUT2D eigenvalue weighted by Gasteiger charge is -2.30. The zero-order valence-electron chi connectivity index (χ0n) is 30.0. The van der Waals surface area contributed by atoms with Gasteiger partial charge in [0.1, 0.15) is 30.2 Å². The first-order chi connectivity index (χ1) is 25.9. The molecule has 0 bridgehead atoms. The first-order valence-electron chi connectivity index (χ1n) is 17.8. The van der Waals surface area contributed by atoms with Crippen LogP contribution in [0, 0.1) is 0 Å². The Hall–Kier alpha value is -5.64. The molecule has 288 valence electrons. The Balaban J connectivity index is 1.54. The molecule has 0 saturated carbocycles. The van der Waals surface area contributed by atoms with Gasteiger partial charge in [-0.3, -0.25) is 24.0 Å². The van der Waals surface area contributed by atoms with Gasteiger partial charge in [-0.15, -0.1) is 0 Å². The Morgan fingerprint density at radius 1 is 0.685 bits per heavy atom. The van der Waals surface area contributed by atoms with Crippen LogP contribution in [0.4, 0.5) is 0 Å². The summed E-state index contributed by atoms with van der Waals surface area (Å²) in [5, 5.41) is 40.5. The van der Waals surface area contributed by atoms with Gasteiger partial charge >= 0.3 is 5.97 Å². The van der Waals surface area contributed by atoms with Crippen LogP contribution in [0.2, 0.25) is 0 Å². The molecule has 0 aliphatic carbocycles. The third-order valence-electron chi connectivity index (χ3n) is 9.15. The maximum atomic E-state index is 14.0. The number of carboxylic acids is 1. The molecule has 1 fully saturated rings. The van der Waals surface area contributed by atoms with Crippen LogP contribution in [-0.2, 0) is 48.0 Å². The fraction of sp³-hybridized carbons (Fsp3) is 0.385. The van der Waals surface area contributed by atoms with E-state index in [1.807, 2.05) is 6.07 Å². The van der Waals surface area contributed by atoms with Gasteiger partial charge in [0.2, 0.25) is 29.5 Å². The molecule has 1 aliphatic rings. The van der Waals surface area contributed by atoms with Crippen molar-refractivity contribution in [2.75, 3.05) is 13.2 Å². The zero-order valence-corrected chi connectivity index (χ0v) is 30.0. The lowest BCUT2D eigenvalue weighted by atomic mass is 10.0. The normalized spacial score (nSPS) is 17.2. The number of carbonyl (C=O) groups is 6. The topological polar surface area (TPSA) is 240 Å². The quantitative estimate of drug-likeness (QED) is 0.0825. The second-order valence-corrected chi connectivity index (χ2v) is 13.3. The van der Waals surface area contributed by atoms with Crippen molar-refractivity contribution in [3.8, 4) is 0 Å². The highest BCUT2D eigenvalue weighted by Crippen LogP contribution is 2.19. The fourth-order valence-electron chi connectivity index (χ4n) is 6.20. The Bertz CT molecular complexity index is 1730. The number of amides is 5. The molecule has 7 atom stereocenters. The fourth-order valence-corrected chi connectivity index (χ4v) is 6.20. The van der Waals surface area contributed by atoms with Crippen molar-refractivity contribution < 1.29 is 44.1 Å². The van der Waals surface area contributed by atoms with Gasteiger partial charge in [-0.25, -0.2) is 4.79 Å². The Kier molecular flexibility index (Phi) is 15.2. The summed E-state index contributed by atoms with van der Waals surface area (Å²) in [6.45, 7) is 0.618. The summed E-state index contributed by atoms with van der Waals surface area (Å²) in [6.07, 6.45) is -0.674. The summed E-state index contributed by atoms with van der Waals surface area (Å²) in [4.78, 5) is 80.7. The smallest absolute Gasteiger partial charge is 0.326 e. The number of nitrogens with zero attached hydrogens (tertiary/aromatic N) is 1. The van der Waals surface area contributed by atoms with Crippen LogP contribution >= 0.6 is 0 Å². The molecule has 3 aromatic carbocycles. The maximum absolute atomic E-state index is 14.0. The van der Waals surface area contributed by atoms with Crippen LogP contribution in [-0.4, -0.2) is 111 Å². The molecule has 0 radical (unpaired) electrons. The number of hydrogen-bond acceptors (Lipinski definition) is 9. The van der Waals surface area contributed by atoms with Crippen molar-refractivity contribution in [3.63, 3.8) is 0 Å². The number of aliphatic hydroxyl groups is 2. The second kappa shape index (κ2) is 20.0. The molecule has 15 nitrogen and oxygen atoms in total. The zero-order chi connectivity index (χ0) is 39.2. The lowest BCUT2D eigenvalue weighted by molar-refractivity contribution is -0.150. The summed E-state index contributed by atoms with van der Waals surface area (Å²) in [7, 11) is 0. The minimum absolute atomic E-state index is 0.0436. The molecule has 4 rings (SSSR count). The number of hydrogen-bond donors (Lipinski definition) is 8. The van der Waals surface area contributed by atoms with E-state index in [9.17, 15) is 44.1 Å². The van der Waals surface area contributed by atoms with Crippen molar-refractivity contribution in [1.82, 2.24) is 26.2 Å². The van der Waals surface area contributed by atoms with Gasteiger partial charge in [0, 0.05) is 19.4 Å². The van der Waals surface area contributed by atoms with Crippen molar-refractivity contribution in [2.45, 2.75) is 81.4 Å². The molecular formula is C39H48N6O9. The molecule has 1 heterocycles. The van der Waals surface area contributed by atoms with Crippen LogP contribution in [0.5, 0.6) is 0 Å². The summed E-state index contributed by atoms with van der Waals surface area (Å²) in [5.74, 6) is -5.18. The summed E-state index contributed by atoms with van der Waals surface area (Å²) < 4.78 is 0. The van der Waals surface area contributed by atoms with Gasteiger partial charge in [0.25, 0.3) is 0 Å². The maximum Gasteiger partial charge on any atom is 0.326 e. The number of aliphatic carboxylic acids is 1. The molecule has 54 heavy (non-hydrogen) atoms. The molecular weight excluding hydrogens is 696 g/mol. The van der Waals surface area contributed by atoms with Gasteiger partial charge in [-0.05, 0) is 42.9 Å². The molecule has 0 spiro atoms. The number of carbonyl (C=O) groups excluding carboxylic acids is 5. The van der Waals surface area contributed by atoms with E-state index in [1.165, 1.54) is 6.92 Å². The van der Waals surface area contributed by atoms with E-state index in [0.717, 1.165) is 10.5 Å². The molecule has 15 heteroatoms. The van der Waals surface area contributed by atoms with E-state index < -0.39 is 84.5 Å². The van der Waals surface area contributed by atoms with Gasteiger partial charge in [0.15, 0.2) is 0 Å². The highest BCUT2D eigenvalue weighted by atomic mass is 16.4. The average Bonchev–Trinajstić information content (AvgIpc) is 3.67. The van der Waals surface area contributed by atoms with Crippen molar-refractivity contribution in [1.29, 1.82) is 0 Å². The van der Waals surface area contributed by atoms with Crippen LogP contribution in [0.3, 0.4) is 0 Å². The number of likely N-dealkylation sites (tertiary alicyclic amines) is 1. The van der Waals surface area contributed by atoms with Crippen LogP contribution in [0.15, 0.2) is 91.0 Å². The molecule has 5 amide bonds. The summed E-state index contributed by atoms with van der Waals surface area (Å²) in [5.41, 5.74) is 8.17. The van der Waals surface area contributed by atoms with Crippen LogP contribution in [0.1, 0.15) is 36.5 Å². The number of nitrogens with one attached hydrogen (secondary N) is 4. The van der Waals surface area contributed by atoms with E-state index in [2.05, 4.69) is 21.3 Å². The predicted octanol–water partition coefficient (Wildman–Crippen LogP) is -0.570. The summed E-state index contributed by atoms with van der Waals surface area (Å²) >= 11 is 0.